The third-order valence-corrected chi connectivity index (χ3v) is 5.01. The lowest BCUT2D eigenvalue weighted by Gasteiger charge is -2.09. The molecule has 0 heterocycles. The molecule has 1 aromatic rings. The van der Waals surface area contributed by atoms with Crippen molar-refractivity contribution in [3.05, 3.63) is 28.2 Å². The molecule has 0 fully saturated rings. The predicted octanol–water partition coefficient (Wildman–Crippen LogP) is 2.11. The monoisotopic (exact) mass is 335 g/mol. The fraction of sp³-hybridized carbons (Fsp3) is 0.500. The lowest BCUT2D eigenvalue weighted by atomic mass is 10.2. The fourth-order valence-corrected chi connectivity index (χ4v) is 3.07. The summed E-state index contributed by atoms with van der Waals surface area (Å²) in [6.45, 7) is 2.43. The molecule has 0 spiro atoms. The second-order valence-corrected chi connectivity index (χ2v) is 7.12. The van der Waals surface area contributed by atoms with E-state index in [1.165, 1.54) is 0 Å². The van der Waals surface area contributed by atoms with Crippen LogP contribution < -0.4 is 10.5 Å². The molecule has 2 N–H and O–H groups in total. The summed E-state index contributed by atoms with van der Waals surface area (Å²) < 4.78 is 29.3. The lowest BCUT2D eigenvalue weighted by molar-refractivity contribution is 0.340. The topological polar surface area (TPSA) is 69.4 Å². The molecule has 0 unspecified atom stereocenters. The SMILES string of the molecule is CCCS(=O)(=O)CCOc1ccc(Br)c(CN)c1. The second kappa shape index (κ2) is 7.11. The van der Waals surface area contributed by atoms with Gasteiger partial charge in [-0.1, -0.05) is 22.9 Å². The first kappa shape index (κ1) is 15.5. The largest absolute Gasteiger partial charge is 0.493 e. The Morgan fingerprint density at radius 2 is 2.06 bits per heavy atom. The van der Waals surface area contributed by atoms with E-state index in [-0.39, 0.29) is 18.1 Å². The normalized spacial score (nSPS) is 11.5. The van der Waals surface area contributed by atoms with Crippen LogP contribution in [0.5, 0.6) is 5.75 Å². The van der Waals surface area contributed by atoms with Gasteiger partial charge in [0.1, 0.15) is 12.4 Å². The summed E-state index contributed by atoms with van der Waals surface area (Å²) in [5.41, 5.74) is 6.51. The molecule has 0 aromatic heterocycles. The van der Waals surface area contributed by atoms with Crippen molar-refractivity contribution in [3.63, 3.8) is 0 Å². The van der Waals surface area contributed by atoms with E-state index in [4.69, 9.17) is 10.5 Å². The Bertz CT molecular complexity index is 488. The van der Waals surface area contributed by atoms with Gasteiger partial charge in [-0.2, -0.15) is 0 Å². The van der Waals surface area contributed by atoms with E-state index in [1.54, 1.807) is 6.07 Å². The maximum absolute atomic E-state index is 11.5. The highest BCUT2D eigenvalue weighted by Crippen LogP contribution is 2.22. The van der Waals surface area contributed by atoms with Crippen LogP contribution in [0.1, 0.15) is 18.9 Å². The maximum Gasteiger partial charge on any atom is 0.153 e. The Kier molecular flexibility index (Phi) is 6.11. The summed E-state index contributed by atoms with van der Waals surface area (Å²) in [6.07, 6.45) is 0.637. The van der Waals surface area contributed by atoms with Crippen LogP contribution >= 0.6 is 15.9 Å². The summed E-state index contributed by atoms with van der Waals surface area (Å²) in [6, 6.07) is 5.45. The van der Waals surface area contributed by atoms with E-state index in [9.17, 15) is 8.42 Å². The molecule has 0 radical (unpaired) electrons. The zero-order valence-electron chi connectivity index (χ0n) is 10.4. The average molecular weight is 336 g/mol. The molecular formula is C12H18BrNO3S. The average Bonchev–Trinajstić information content (AvgIpc) is 2.31. The molecule has 0 saturated heterocycles. The van der Waals surface area contributed by atoms with Crippen LogP contribution in [0.2, 0.25) is 0 Å². The Hall–Kier alpha value is -0.590. The molecule has 0 bridgehead atoms. The quantitative estimate of drug-likeness (QED) is 0.828. The van der Waals surface area contributed by atoms with Crippen molar-refractivity contribution in [2.45, 2.75) is 19.9 Å². The van der Waals surface area contributed by atoms with Crippen LogP contribution in [0, 0.1) is 0 Å². The lowest BCUT2D eigenvalue weighted by Crippen LogP contribution is -2.16. The standard InChI is InChI=1S/C12H18BrNO3S/c1-2-6-18(15,16)7-5-17-11-3-4-12(13)10(8-11)9-14/h3-4,8H,2,5-7,9,14H2,1H3. The molecule has 102 valence electrons. The molecule has 1 aromatic carbocycles. The Morgan fingerprint density at radius 1 is 1.33 bits per heavy atom. The smallest absolute Gasteiger partial charge is 0.153 e. The predicted molar refractivity (Wildman–Crippen MR) is 76.5 cm³/mol. The summed E-state index contributed by atoms with van der Waals surface area (Å²) in [7, 11) is -2.98. The maximum atomic E-state index is 11.5. The molecular weight excluding hydrogens is 318 g/mol. The van der Waals surface area contributed by atoms with Crippen LogP contribution in [0.4, 0.5) is 0 Å². The zero-order chi connectivity index (χ0) is 13.6. The number of halogens is 1. The van der Waals surface area contributed by atoms with Crippen molar-refractivity contribution in [1.82, 2.24) is 0 Å². The van der Waals surface area contributed by atoms with Gasteiger partial charge < -0.3 is 10.5 Å². The van der Waals surface area contributed by atoms with Crippen LogP contribution in [0.3, 0.4) is 0 Å². The number of hydrogen-bond donors (Lipinski definition) is 1. The number of nitrogens with two attached hydrogens (primary N) is 1. The highest BCUT2D eigenvalue weighted by molar-refractivity contribution is 9.10. The zero-order valence-corrected chi connectivity index (χ0v) is 12.8. The highest BCUT2D eigenvalue weighted by atomic mass is 79.9. The van der Waals surface area contributed by atoms with Gasteiger partial charge >= 0.3 is 0 Å². The van der Waals surface area contributed by atoms with Gasteiger partial charge in [0, 0.05) is 11.0 Å². The van der Waals surface area contributed by atoms with Crippen molar-refractivity contribution >= 4 is 25.8 Å². The highest BCUT2D eigenvalue weighted by Gasteiger charge is 2.09. The van der Waals surface area contributed by atoms with Crippen LogP contribution in [-0.4, -0.2) is 26.5 Å². The minimum Gasteiger partial charge on any atom is -0.493 e. The summed E-state index contributed by atoms with van der Waals surface area (Å²) in [4.78, 5) is 0. The molecule has 1 rings (SSSR count). The first-order valence-electron chi connectivity index (χ1n) is 5.80. The number of rotatable bonds is 7. The third-order valence-electron chi connectivity index (χ3n) is 2.42. The molecule has 18 heavy (non-hydrogen) atoms. The first-order valence-corrected chi connectivity index (χ1v) is 8.41. The van der Waals surface area contributed by atoms with E-state index in [0.29, 0.717) is 18.7 Å². The van der Waals surface area contributed by atoms with E-state index < -0.39 is 9.84 Å². The van der Waals surface area contributed by atoms with Crippen molar-refractivity contribution in [2.75, 3.05) is 18.1 Å². The molecule has 0 aliphatic carbocycles. The molecule has 0 aliphatic heterocycles. The number of benzene rings is 1. The molecule has 6 heteroatoms. The second-order valence-electron chi connectivity index (χ2n) is 3.96. The van der Waals surface area contributed by atoms with Gasteiger partial charge in [0.05, 0.1) is 11.5 Å². The fourth-order valence-electron chi connectivity index (χ4n) is 1.50. The Labute approximate surface area is 117 Å². The molecule has 0 atom stereocenters. The molecule has 0 aliphatic rings. The Morgan fingerprint density at radius 3 is 2.67 bits per heavy atom. The van der Waals surface area contributed by atoms with E-state index >= 15 is 0 Å². The van der Waals surface area contributed by atoms with Gasteiger partial charge in [-0.25, -0.2) is 8.42 Å². The number of ether oxygens (including phenoxy) is 1. The first-order chi connectivity index (χ1) is 8.48. The van der Waals surface area contributed by atoms with E-state index in [2.05, 4.69) is 15.9 Å². The summed E-state index contributed by atoms with van der Waals surface area (Å²) in [5, 5.41) is 0. The molecule has 0 amide bonds. The van der Waals surface area contributed by atoms with Crippen molar-refractivity contribution < 1.29 is 13.2 Å². The van der Waals surface area contributed by atoms with Gasteiger partial charge in [0.2, 0.25) is 0 Å². The van der Waals surface area contributed by atoms with Gasteiger partial charge in [-0.05, 0) is 30.2 Å². The number of hydrogen-bond acceptors (Lipinski definition) is 4. The van der Waals surface area contributed by atoms with Crippen LogP contribution in [0.25, 0.3) is 0 Å². The van der Waals surface area contributed by atoms with Gasteiger partial charge in [0.15, 0.2) is 9.84 Å². The van der Waals surface area contributed by atoms with Crippen LogP contribution in [-0.2, 0) is 16.4 Å². The van der Waals surface area contributed by atoms with Crippen molar-refractivity contribution in [2.24, 2.45) is 5.73 Å². The minimum absolute atomic E-state index is 0.0505. The summed E-state index contributed by atoms with van der Waals surface area (Å²) >= 11 is 3.38. The third kappa shape index (κ3) is 4.96. The van der Waals surface area contributed by atoms with Gasteiger partial charge in [0.25, 0.3) is 0 Å². The summed E-state index contributed by atoms with van der Waals surface area (Å²) in [5.74, 6) is 0.907. The van der Waals surface area contributed by atoms with Crippen molar-refractivity contribution in [1.29, 1.82) is 0 Å². The number of sulfone groups is 1. The minimum atomic E-state index is -2.98. The molecule has 4 nitrogen and oxygen atoms in total. The van der Waals surface area contributed by atoms with Crippen LogP contribution in [0.15, 0.2) is 22.7 Å². The molecule has 0 saturated carbocycles. The van der Waals surface area contributed by atoms with E-state index in [0.717, 1.165) is 10.0 Å². The van der Waals surface area contributed by atoms with E-state index in [1.807, 2.05) is 19.1 Å². The van der Waals surface area contributed by atoms with Gasteiger partial charge in [-0.15, -0.1) is 0 Å². The van der Waals surface area contributed by atoms with Gasteiger partial charge in [-0.3, -0.25) is 0 Å². The van der Waals surface area contributed by atoms with Crippen molar-refractivity contribution in [3.8, 4) is 5.75 Å². The Balaban J connectivity index is 2.54.